The molecule has 2 aliphatic rings. The Morgan fingerprint density at radius 3 is 2.81 bits per heavy atom. The van der Waals surface area contributed by atoms with Crippen molar-refractivity contribution >= 4 is 17.7 Å². The number of hydrogen-bond donors (Lipinski definition) is 0. The molecule has 0 unspecified atom stereocenters. The van der Waals surface area contributed by atoms with Crippen molar-refractivity contribution in [1.82, 2.24) is 19.7 Å². The van der Waals surface area contributed by atoms with Crippen LogP contribution in [-0.2, 0) is 16.1 Å². The number of aromatic nitrogens is 3. The summed E-state index contributed by atoms with van der Waals surface area (Å²) in [6.07, 6.45) is 2.48. The number of rotatable bonds is 6. The van der Waals surface area contributed by atoms with Crippen LogP contribution in [0.5, 0.6) is 0 Å². The Bertz CT molecular complexity index is 760. The summed E-state index contributed by atoms with van der Waals surface area (Å²) in [5, 5.41) is 9.65. The summed E-state index contributed by atoms with van der Waals surface area (Å²) in [5.74, 6) is 2.12. The number of amides is 1. The zero-order valence-corrected chi connectivity index (χ0v) is 15.8. The maximum absolute atomic E-state index is 12.5. The molecule has 1 atom stereocenters. The van der Waals surface area contributed by atoms with Crippen LogP contribution < -0.4 is 0 Å². The van der Waals surface area contributed by atoms with E-state index in [1.807, 2.05) is 30.0 Å². The molecule has 7 heteroatoms. The molecule has 1 aromatic heterocycles. The van der Waals surface area contributed by atoms with Crippen LogP contribution in [0.3, 0.4) is 0 Å². The Hall–Kier alpha value is -1.86. The Morgan fingerprint density at radius 1 is 1.27 bits per heavy atom. The van der Waals surface area contributed by atoms with Gasteiger partial charge in [0.05, 0.1) is 25.0 Å². The lowest BCUT2D eigenvalue weighted by atomic mass is 10.2. The summed E-state index contributed by atoms with van der Waals surface area (Å²) in [7, 11) is 0. The van der Waals surface area contributed by atoms with Gasteiger partial charge in [0.2, 0.25) is 5.91 Å². The maximum atomic E-state index is 12.5. The van der Waals surface area contributed by atoms with Crippen molar-refractivity contribution in [2.75, 3.05) is 25.4 Å². The van der Waals surface area contributed by atoms with Crippen molar-refractivity contribution in [1.29, 1.82) is 0 Å². The minimum atomic E-state index is 0.112. The van der Waals surface area contributed by atoms with E-state index < -0.39 is 0 Å². The molecule has 2 fully saturated rings. The first kappa shape index (κ1) is 17.5. The molecule has 138 valence electrons. The number of benzene rings is 1. The molecule has 4 rings (SSSR count). The lowest BCUT2D eigenvalue weighted by Gasteiger charge is -2.31. The number of ether oxygens (including phenoxy) is 1. The number of nitrogens with zero attached hydrogens (tertiary/aromatic N) is 4. The van der Waals surface area contributed by atoms with E-state index in [0.717, 1.165) is 17.5 Å². The summed E-state index contributed by atoms with van der Waals surface area (Å²) in [5.41, 5.74) is 1.23. The molecule has 1 saturated heterocycles. The number of carbonyl (C=O) groups is 1. The van der Waals surface area contributed by atoms with Gasteiger partial charge in [-0.1, -0.05) is 42.1 Å². The number of carbonyl (C=O) groups excluding carboxylic acids is 1. The average molecular weight is 372 g/mol. The standard InChI is InChI=1S/C19H24N4O2S/c1-14-11-22(9-10-25-14)17(24)13-26-19-21-20-18(16-7-8-16)23(19)12-15-5-3-2-4-6-15/h2-6,14,16H,7-13H2,1H3/t14-/m0/s1. The molecular formula is C19H24N4O2S. The zero-order chi connectivity index (χ0) is 17.9. The SMILES string of the molecule is C[C@H]1CN(C(=O)CSc2nnc(C3CC3)n2Cc2ccccc2)CCO1. The molecular weight excluding hydrogens is 348 g/mol. The predicted octanol–water partition coefficient (Wildman–Crippen LogP) is 2.54. The highest BCUT2D eigenvalue weighted by molar-refractivity contribution is 7.99. The molecule has 1 aliphatic heterocycles. The van der Waals surface area contributed by atoms with Crippen LogP contribution in [0.1, 0.15) is 37.1 Å². The molecule has 2 aromatic rings. The molecule has 1 aliphatic carbocycles. The summed E-state index contributed by atoms with van der Waals surface area (Å²) in [4.78, 5) is 14.4. The van der Waals surface area contributed by atoms with E-state index >= 15 is 0 Å². The largest absolute Gasteiger partial charge is 0.375 e. The normalized spacial score (nSPS) is 20.3. The fourth-order valence-electron chi connectivity index (χ4n) is 3.23. The monoisotopic (exact) mass is 372 g/mol. The van der Waals surface area contributed by atoms with Crippen molar-refractivity contribution in [2.24, 2.45) is 0 Å². The Labute approximate surface area is 157 Å². The molecule has 1 aromatic carbocycles. The van der Waals surface area contributed by atoms with Crippen molar-refractivity contribution in [3.05, 3.63) is 41.7 Å². The first-order valence-corrected chi connectivity index (χ1v) is 10.2. The fourth-order valence-corrected chi connectivity index (χ4v) is 4.08. The van der Waals surface area contributed by atoms with Crippen molar-refractivity contribution in [3.8, 4) is 0 Å². The second-order valence-electron chi connectivity index (χ2n) is 7.00. The molecule has 0 spiro atoms. The highest BCUT2D eigenvalue weighted by Gasteiger charge is 2.31. The predicted molar refractivity (Wildman–Crippen MR) is 100 cm³/mol. The molecule has 1 amide bonds. The van der Waals surface area contributed by atoms with Gasteiger partial charge in [-0.2, -0.15) is 0 Å². The van der Waals surface area contributed by atoms with E-state index in [1.54, 1.807) is 0 Å². The van der Waals surface area contributed by atoms with Gasteiger partial charge in [-0.25, -0.2) is 0 Å². The smallest absolute Gasteiger partial charge is 0.233 e. The van der Waals surface area contributed by atoms with Gasteiger partial charge in [-0.3, -0.25) is 4.79 Å². The van der Waals surface area contributed by atoms with Crippen LogP contribution in [0, 0.1) is 0 Å². The minimum Gasteiger partial charge on any atom is -0.375 e. The lowest BCUT2D eigenvalue weighted by Crippen LogP contribution is -2.45. The van der Waals surface area contributed by atoms with E-state index in [4.69, 9.17) is 4.74 Å². The van der Waals surface area contributed by atoms with E-state index in [0.29, 0.717) is 31.4 Å². The van der Waals surface area contributed by atoms with Gasteiger partial charge in [-0.15, -0.1) is 10.2 Å². The molecule has 0 radical (unpaired) electrons. The number of morpholine rings is 1. The quantitative estimate of drug-likeness (QED) is 0.730. The second kappa shape index (κ2) is 7.80. The highest BCUT2D eigenvalue weighted by atomic mass is 32.2. The average Bonchev–Trinajstić information content (AvgIpc) is 3.43. The van der Waals surface area contributed by atoms with E-state index in [1.165, 1.54) is 30.2 Å². The molecule has 6 nitrogen and oxygen atoms in total. The van der Waals surface area contributed by atoms with Crippen molar-refractivity contribution < 1.29 is 9.53 Å². The topological polar surface area (TPSA) is 60.2 Å². The van der Waals surface area contributed by atoms with Gasteiger partial charge in [0, 0.05) is 19.0 Å². The molecule has 0 N–H and O–H groups in total. The van der Waals surface area contributed by atoms with Crippen molar-refractivity contribution in [3.63, 3.8) is 0 Å². The van der Waals surface area contributed by atoms with E-state index in [2.05, 4.69) is 26.9 Å². The van der Waals surface area contributed by atoms with Crippen LogP contribution in [0.15, 0.2) is 35.5 Å². The van der Waals surface area contributed by atoms with Crippen LogP contribution in [0.4, 0.5) is 0 Å². The van der Waals surface area contributed by atoms with Gasteiger partial charge >= 0.3 is 0 Å². The molecule has 1 saturated carbocycles. The minimum absolute atomic E-state index is 0.112. The Balaban J connectivity index is 1.45. The first-order valence-electron chi connectivity index (χ1n) is 9.20. The summed E-state index contributed by atoms with van der Waals surface area (Å²) in [6, 6.07) is 10.4. The second-order valence-corrected chi connectivity index (χ2v) is 7.94. The van der Waals surface area contributed by atoms with Crippen LogP contribution in [0.2, 0.25) is 0 Å². The number of thioether (sulfide) groups is 1. The first-order chi connectivity index (χ1) is 12.7. The summed E-state index contributed by atoms with van der Waals surface area (Å²) in [6.45, 7) is 4.72. The van der Waals surface area contributed by atoms with Crippen molar-refractivity contribution in [2.45, 2.75) is 43.5 Å². The Morgan fingerprint density at radius 2 is 2.08 bits per heavy atom. The third-order valence-corrected chi connectivity index (χ3v) is 5.74. The molecule has 0 bridgehead atoms. The van der Waals surface area contributed by atoms with Crippen LogP contribution in [0.25, 0.3) is 0 Å². The van der Waals surface area contributed by atoms with E-state index in [9.17, 15) is 4.79 Å². The van der Waals surface area contributed by atoms with Crippen LogP contribution >= 0.6 is 11.8 Å². The van der Waals surface area contributed by atoms with Gasteiger partial charge < -0.3 is 14.2 Å². The fraction of sp³-hybridized carbons (Fsp3) is 0.526. The van der Waals surface area contributed by atoms with Gasteiger partial charge in [0.15, 0.2) is 5.16 Å². The van der Waals surface area contributed by atoms with Gasteiger partial charge in [-0.05, 0) is 25.3 Å². The molecule has 26 heavy (non-hydrogen) atoms. The van der Waals surface area contributed by atoms with E-state index in [-0.39, 0.29) is 12.0 Å². The maximum Gasteiger partial charge on any atom is 0.233 e. The molecule has 2 heterocycles. The van der Waals surface area contributed by atoms with Crippen LogP contribution in [-0.4, -0.2) is 57.1 Å². The summed E-state index contributed by atoms with van der Waals surface area (Å²) >= 11 is 1.49. The summed E-state index contributed by atoms with van der Waals surface area (Å²) < 4.78 is 7.70. The third-order valence-electron chi connectivity index (χ3n) is 4.79. The third kappa shape index (κ3) is 4.10. The van der Waals surface area contributed by atoms with Gasteiger partial charge in [0.25, 0.3) is 0 Å². The number of hydrogen-bond acceptors (Lipinski definition) is 5. The zero-order valence-electron chi connectivity index (χ0n) is 15.0. The highest BCUT2D eigenvalue weighted by Crippen LogP contribution is 2.40. The lowest BCUT2D eigenvalue weighted by molar-refractivity contribution is -0.135. The van der Waals surface area contributed by atoms with Gasteiger partial charge in [0.1, 0.15) is 5.82 Å². The Kier molecular flexibility index (Phi) is 5.26.